The number of ketones is 1. The van der Waals surface area contributed by atoms with Gasteiger partial charge in [0, 0.05) is 38.2 Å². The van der Waals surface area contributed by atoms with Crippen molar-refractivity contribution in [1.82, 2.24) is 20.3 Å². The van der Waals surface area contributed by atoms with Crippen molar-refractivity contribution in [2.24, 2.45) is 0 Å². The number of hydrogen-bond acceptors (Lipinski definition) is 8. The molecule has 7 nitrogen and oxygen atoms in total. The number of rotatable bonds is 19. The number of pyridine rings is 1. The molecule has 3 N–H and O–H groups in total. The maximum atomic E-state index is 13.7. The van der Waals surface area contributed by atoms with Gasteiger partial charge in [-0.15, -0.1) is 0 Å². The van der Waals surface area contributed by atoms with Gasteiger partial charge in [0.2, 0.25) is 11.7 Å². The number of nitrogens with zero attached hydrogens (tertiary/aromatic N) is 2. The van der Waals surface area contributed by atoms with Gasteiger partial charge < -0.3 is 25.0 Å². The Morgan fingerprint density at radius 3 is 2.60 bits per heavy atom. The van der Waals surface area contributed by atoms with E-state index < -0.39 is 0 Å². The summed E-state index contributed by atoms with van der Waals surface area (Å²) in [6.07, 6.45) is 14.2. The lowest BCUT2D eigenvalue weighted by atomic mass is 10.1. The van der Waals surface area contributed by atoms with E-state index >= 15 is 0 Å². The summed E-state index contributed by atoms with van der Waals surface area (Å²) >= 11 is 1.47. The molecule has 0 aliphatic rings. The largest absolute Gasteiger partial charge is 0.473 e. The van der Waals surface area contributed by atoms with E-state index in [1.165, 1.54) is 11.9 Å². The van der Waals surface area contributed by atoms with Gasteiger partial charge in [-0.25, -0.2) is 4.98 Å². The Hall–Kier alpha value is -3.46. The first-order valence-electron chi connectivity index (χ1n) is 13.5. The third kappa shape index (κ3) is 11.0. The minimum atomic E-state index is -0.333. The Labute approximate surface area is 244 Å². The van der Waals surface area contributed by atoms with Crippen LogP contribution in [-0.2, 0) is 4.79 Å². The van der Waals surface area contributed by atoms with Gasteiger partial charge in [-0.2, -0.15) is 0 Å². The number of ether oxygens (including phenoxy) is 1. The summed E-state index contributed by atoms with van der Waals surface area (Å²) in [6, 6.07) is 1.88. The number of carbonyl (C=O) groups excluding carboxylic acids is 1. The first kappa shape index (κ1) is 34.6. The summed E-state index contributed by atoms with van der Waals surface area (Å²) in [6.45, 7) is 14.4. The number of hydrogen-bond donors (Lipinski definition) is 3. The molecule has 1 heterocycles. The van der Waals surface area contributed by atoms with Crippen LogP contribution in [0.2, 0.25) is 0 Å². The molecule has 40 heavy (non-hydrogen) atoms. The minimum absolute atomic E-state index is 0.173. The van der Waals surface area contributed by atoms with Crippen LogP contribution in [0.3, 0.4) is 0 Å². The van der Waals surface area contributed by atoms with E-state index in [4.69, 9.17) is 4.74 Å². The number of anilines is 1. The number of allylic oxidation sites excluding steroid dienone is 6. The average molecular weight is 572 g/mol. The van der Waals surface area contributed by atoms with Crippen LogP contribution in [0, 0.1) is 6.92 Å². The molecule has 0 aliphatic heterocycles. The van der Waals surface area contributed by atoms with Crippen molar-refractivity contribution >= 4 is 23.4 Å². The molecule has 0 unspecified atom stereocenters. The number of nitrogens with one attached hydrogen (secondary N) is 3. The average Bonchev–Trinajstić information content (AvgIpc) is 2.95. The second-order valence-electron chi connectivity index (χ2n) is 8.78. The Balaban J connectivity index is 3.22. The number of halogens is 1. The van der Waals surface area contributed by atoms with Gasteiger partial charge in [-0.3, -0.25) is 9.18 Å². The van der Waals surface area contributed by atoms with E-state index in [2.05, 4.69) is 26.9 Å². The van der Waals surface area contributed by atoms with E-state index in [0.717, 1.165) is 22.5 Å². The Bertz CT molecular complexity index is 1120. The standard InChI is InChI=1S/C31H46FN5O2S/c1-9-13-19-39-29-21-24(6)28(22-35-29)37(8)31(33-7)25(12-4)30(38)27(15-10-2)34-18-16-26(23(5)11-3)36-40-20-14-17-32/h9,11-13,15-16,21-22,33-34,36H,4,10,14,17-20H2,1-3,5-8H3/b13-9-,23-11-,26-16+,27-15-,31-25+. The highest BCUT2D eigenvalue weighted by atomic mass is 32.2. The van der Waals surface area contributed by atoms with Gasteiger partial charge in [0.15, 0.2) is 0 Å². The van der Waals surface area contributed by atoms with Crippen molar-refractivity contribution in [1.29, 1.82) is 0 Å². The lowest BCUT2D eigenvalue weighted by molar-refractivity contribution is -0.112. The predicted octanol–water partition coefficient (Wildman–Crippen LogP) is 6.30. The van der Waals surface area contributed by atoms with Crippen LogP contribution < -0.4 is 25.0 Å². The van der Waals surface area contributed by atoms with E-state index in [0.29, 0.717) is 54.7 Å². The molecule has 0 atom stereocenters. The zero-order chi connectivity index (χ0) is 29.9. The molecule has 1 rings (SSSR count). The minimum Gasteiger partial charge on any atom is -0.473 e. The topological polar surface area (TPSA) is 78.5 Å². The van der Waals surface area contributed by atoms with Crippen LogP contribution in [-0.4, -0.2) is 50.4 Å². The van der Waals surface area contributed by atoms with E-state index in [1.807, 2.05) is 83.0 Å². The molecule has 0 spiro atoms. The number of aryl methyl sites for hydroxylation is 1. The van der Waals surface area contributed by atoms with Crippen molar-refractivity contribution in [2.75, 3.05) is 44.6 Å². The summed E-state index contributed by atoms with van der Waals surface area (Å²) in [5.41, 5.74) is 4.69. The van der Waals surface area contributed by atoms with Gasteiger partial charge in [-0.1, -0.05) is 55.8 Å². The Kier molecular flexibility index (Phi) is 16.9. The fourth-order valence-electron chi connectivity index (χ4n) is 3.63. The summed E-state index contributed by atoms with van der Waals surface area (Å²) < 4.78 is 21.4. The number of Topliss-reactive ketones (excluding diaryl/α,β-unsaturated/α-hetero) is 1. The monoisotopic (exact) mass is 571 g/mol. The van der Waals surface area contributed by atoms with Crippen molar-refractivity contribution in [3.8, 4) is 5.88 Å². The zero-order valence-electron chi connectivity index (χ0n) is 25.1. The van der Waals surface area contributed by atoms with E-state index in [-0.39, 0.29) is 12.5 Å². The fraction of sp³-hybridized carbons (Fsp3) is 0.419. The molecule has 0 saturated heterocycles. The van der Waals surface area contributed by atoms with Gasteiger partial charge in [-0.05, 0) is 57.7 Å². The lowest BCUT2D eigenvalue weighted by Crippen LogP contribution is -2.32. The summed E-state index contributed by atoms with van der Waals surface area (Å²) in [5, 5.41) is 6.46. The molecule has 0 bridgehead atoms. The summed E-state index contributed by atoms with van der Waals surface area (Å²) in [7, 11) is 3.66. The van der Waals surface area contributed by atoms with Gasteiger partial charge in [0.1, 0.15) is 12.4 Å². The molecular weight excluding hydrogens is 525 g/mol. The fourth-order valence-corrected chi connectivity index (χ4v) is 4.39. The smallest absolute Gasteiger partial charge is 0.213 e. The number of aromatic nitrogens is 1. The first-order valence-corrected chi connectivity index (χ1v) is 14.5. The first-order chi connectivity index (χ1) is 19.3. The molecule has 1 aromatic heterocycles. The normalized spacial score (nSPS) is 13.2. The molecule has 220 valence electrons. The van der Waals surface area contributed by atoms with Gasteiger partial charge >= 0.3 is 0 Å². The molecule has 0 amide bonds. The molecule has 0 aromatic carbocycles. The number of carbonyl (C=O) groups is 1. The molecule has 0 saturated carbocycles. The molecular formula is C31H46FN5O2S. The van der Waals surface area contributed by atoms with Crippen LogP contribution in [0.4, 0.5) is 10.1 Å². The Morgan fingerprint density at radius 1 is 1.27 bits per heavy atom. The van der Waals surface area contributed by atoms with Gasteiger partial charge in [0.25, 0.3) is 0 Å². The van der Waals surface area contributed by atoms with Gasteiger partial charge in [0.05, 0.1) is 29.8 Å². The van der Waals surface area contributed by atoms with E-state index in [1.54, 1.807) is 19.3 Å². The second kappa shape index (κ2) is 19.6. The molecule has 0 radical (unpaired) electrons. The predicted molar refractivity (Wildman–Crippen MR) is 169 cm³/mol. The lowest BCUT2D eigenvalue weighted by Gasteiger charge is -2.26. The summed E-state index contributed by atoms with van der Waals surface area (Å²) in [5.74, 6) is 1.64. The van der Waals surface area contributed by atoms with Crippen molar-refractivity contribution in [3.05, 3.63) is 89.2 Å². The van der Waals surface area contributed by atoms with Crippen LogP contribution >= 0.6 is 11.9 Å². The van der Waals surface area contributed by atoms with Crippen LogP contribution in [0.1, 0.15) is 46.1 Å². The van der Waals surface area contributed by atoms with Crippen molar-refractivity contribution < 1.29 is 13.9 Å². The maximum absolute atomic E-state index is 13.7. The highest BCUT2D eigenvalue weighted by molar-refractivity contribution is 7.97. The quantitative estimate of drug-likeness (QED) is 0.0587. The highest BCUT2D eigenvalue weighted by Gasteiger charge is 2.21. The molecule has 0 fully saturated rings. The Morgan fingerprint density at radius 2 is 2.02 bits per heavy atom. The third-order valence-corrected chi connectivity index (χ3v) is 6.79. The van der Waals surface area contributed by atoms with E-state index in [9.17, 15) is 9.18 Å². The molecule has 0 aliphatic carbocycles. The number of alkyl halides is 1. The van der Waals surface area contributed by atoms with Crippen LogP contribution in [0.25, 0.3) is 0 Å². The van der Waals surface area contributed by atoms with Crippen molar-refractivity contribution in [3.63, 3.8) is 0 Å². The van der Waals surface area contributed by atoms with Crippen LogP contribution in [0.15, 0.2) is 83.7 Å². The molecule has 9 heteroatoms. The summed E-state index contributed by atoms with van der Waals surface area (Å²) in [4.78, 5) is 20.1. The zero-order valence-corrected chi connectivity index (χ0v) is 25.9. The third-order valence-electron chi connectivity index (χ3n) is 5.93. The SMILES string of the molecule is C=C/C(C(=O)/C(=C/CC)NC/C=C(NSCCCF)\C(C)=C/C)=C(/NC)N(C)c1cnc(OC/C=C\C)cc1C. The maximum Gasteiger partial charge on any atom is 0.213 e. The van der Waals surface area contributed by atoms with Crippen molar-refractivity contribution in [2.45, 2.75) is 47.5 Å². The second-order valence-corrected chi connectivity index (χ2v) is 9.68. The molecule has 1 aromatic rings. The highest BCUT2D eigenvalue weighted by Crippen LogP contribution is 2.25. The van der Waals surface area contributed by atoms with Crippen LogP contribution in [0.5, 0.6) is 5.88 Å².